The fourth-order valence-corrected chi connectivity index (χ4v) is 2.38. The van der Waals surface area contributed by atoms with Crippen LogP contribution in [-0.4, -0.2) is 16.7 Å². The van der Waals surface area contributed by atoms with E-state index < -0.39 is 5.91 Å². The molecule has 0 aliphatic heterocycles. The van der Waals surface area contributed by atoms with Crippen LogP contribution in [0.1, 0.15) is 21.5 Å². The van der Waals surface area contributed by atoms with E-state index in [1.807, 2.05) is 72.8 Å². The first-order chi connectivity index (χ1) is 12.7. The fraction of sp³-hybridized carbons (Fsp3) is 0. The smallest absolute Gasteiger partial charge is 0.275 e. The molecule has 0 fully saturated rings. The van der Waals surface area contributed by atoms with E-state index in [0.717, 1.165) is 11.1 Å². The molecule has 128 valence electrons. The zero-order valence-corrected chi connectivity index (χ0v) is 14.0. The van der Waals surface area contributed by atoms with Crippen LogP contribution in [-0.2, 0) is 0 Å². The van der Waals surface area contributed by atoms with Gasteiger partial charge in [-0.2, -0.15) is 5.10 Å². The summed E-state index contributed by atoms with van der Waals surface area (Å²) in [7, 11) is 0. The first kappa shape index (κ1) is 17.2. The van der Waals surface area contributed by atoms with Gasteiger partial charge in [-0.3, -0.25) is 4.79 Å². The number of carbonyl (C=O) groups excluding carboxylic acids is 1. The van der Waals surface area contributed by atoms with Gasteiger partial charge < -0.3 is 5.11 Å². The molecule has 1 amide bonds. The second kappa shape index (κ2) is 8.44. The fourth-order valence-electron chi connectivity index (χ4n) is 2.38. The number of nitrogens with zero attached hydrogens (tertiary/aromatic N) is 1. The Hall–Kier alpha value is -3.66. The lowest BCUT2D eigenvalue weighted by Gasteiger charge is -2.05. The summed E-state index contributed by atoms with van der Waals surface area (Å²) in [5.74, 6) is -0.550. The maximum Gasteiger partial charge on any atom is 0.275 e. The van der Waals surface area contributed by atoms with Crippen molar-refractivity contribution in [2.24, 2.45) is 5.10 Å². The molecule has 0 spiro atoms. The third-order valence-corrected chi connectivity index (χ3v) is 3.73. The van der Waals surface area contributed by atoms with Gasteiger partial charge in [0.1, 0.15) is 5.75 Å². The highest BCUT2D eigenvalue weighted by Crippen LogP contribution is 2.15. The van der Waals surface area contributed by atoms with Gasteiger partial charge in [0.15, 0.2) is 0 Å². The summed E-state index contributed by atoms with van der Waals surface area (Å²) in [5, 5.41) is 14.0. The van der Waals surface area contributed by atoms with Crippen molar-refractivity contribution in [2.75, 3.05) is 0 Å². The minimum atomic E-state index is -0.468. The SMILES string of the molecule is O=C(N/N=C(/C=C/c1ccccc1)c1ccccc1)c1ccccc1O. The number of benzene rings is 3. The van der Waals surface area contributed by atoms with Gasteiger partial charge in [0.05, 0.1) is 11.3 Å². The summed E-state index contributed by atoms with van der Waals surface area (Å²) in [6.07, 6.45) is 3.77. The van der Waals surface area contributed by atoms with Gasteiger partial charge in [-0.25, -0.2) is 5.43 Å². The first-order valence-corrected chi connectivity index (χ1v) is 8.18. The molecule has 0 atom stereocenters. The van der Waals surface area contributed by atoms with E-state index in [4.69, 9.17) is 0 Å². The monoisotopic (exact) mass is 342 g/mol. The molecule has 0 saturated heterocycles. The van der Waals surface area contributed by atoms with Crippen LogP contribution in [0.15, 0.2) is 96.1 Å². The third kappa shape index (κ3) is 4.45. The number of phenols is 1. The van der Waals surface area contributed by atoms with Gasteiger partial charge >= 0.3 is 0 Å². The normalized spacial score (nSPS) is 11.5. The summed E-state index contributed by atoms with van der Waals surface area (Å²) in [6.45, 7) is 0. The van der Waals surface area contributed by atoms with Crippen LogP contribution in [0.4, 0.5) is 0 Å². The number of allylic oxidation sites excluding steroid dienone is 1. The molecule has 3 rings (SSSR count). The summed E-state index contributed by atoms with van der Waals surface area (Å²) in [4.78, 5) is 12.3. The van der Waals surface area contributed by atoms with Gasteiger partial charge in [0.25, 0.3) is 5.91 Å². The summed E-state index contributed by atoms with van der Waals surface area (Å²) in [5.41, 5.74) is 5.20. The Morgan fingerprint density at radius 2 is 1.46 bits per heavy atom. The van der Waals surface area contributed by atoms with Crippen LogP contribution in [0, 0.1) is 0 Å². The van der Waals surface area contributed by atoms with Crippen molar-refractivity contribution in [2.45, 2.75) is 0 Å². The predicted molar refractivity (Wildman–Crippen MR) is 104 cm³/mol. The molecule has 0 unspecified atom stereocenters. The Bertz CT molecular complexity index is 933. The number of para-hydroxylation sites is 1. The summed E-state index contributed by atoms with van der Waals surface area (Å²) in [6, 6.07) is 25.8. The van der Waals surface area contributed by atoms with E-state index in [1.54, 1.807) is 18.2 Å². The lowest BCUT2D eigenvalue weighted by molar-refractivity contribution is 0.0952. The Morgan fingerprint density at radius 1 is 0.846 bits per heavy atom. The molecule has 3 aromatic rings. The molecule has 26 heavy (non-hydrogen) atoms. The van der Waals surface area contributed by atoms with Crippen molar-refractivity contribution in [3.8, 4) is 5.75 Å². The Kier molecular flexibility index (Phi) is 5.58. The highest BCUT2D eigenvalue weighted by atomic mass is 16.3. The molecule has 2 N–H and O–H groups in total. The number of hydrogen-bond acceptors (Lipinski definition) is 3. The maximum atomic E-state index is 12.3. The zero-order valence-electron chi connectivity index (χ0n) is 14.0. The number of nitrogens with one attached hydrogen (secondary N) is 1. The molecular formula is C22H18N2O2. The number of amides is 1. The summed E-state index contributed by atoms with van der Waals surface area (Å²) >= 11 is 0. The standard InChI is InChI=1S/C22H18N2O2/c25-21-14-8-7-13-19(21)22(26)24-23-20(18-11-5-2-6-12-18)16-15-17-9-3-1-4-10-17/h1-16,25H,(H,24,26)/b16-15+,23-20-. The van der Waals surface area contributed by atoms with Crippen molar-refractivity contribution in [3.63, 3.8) is 0 Å². The van der Waals surface area contributed by atoms with Crippen molar-refractivity contribution in [3.05, 3.63) is 108 Å². The number of aromatic hydroxyl groups is 1. The van der Waals surface area contributed by atoms with E-state index in [-0.39, 0.29) is 11.3 Å². The zero-order chi connectivity index (χ0) is 18.2. The predicted octanol–water partition coefficient (Wildman–Crippen LogP) is 4.24. The molecule has 0 radical (unpaired) electrons. The third-order valence-electron chi connectivity index (χ3n) is 3.73. The second-order valence-electron chi connectivity index (χ2n) is 5.57. The molecule has 0 aromatic heterocycles. The average Bonchev–Trinajstić information content (AvgIpc) is 2.69. The molecule has 3 aromatic carbocycles. The van der Waals surface area contributed by atoms with Crippen LogP contribution < -0.4 is 5.43 Å². The van der Waals surface area contributed by atoms with Crippen LogP contribution in [0.25, 0.3) is 6.08 Å². The molecule has 0 heterocycles. The van der Waals surface area contributed by atoms with E-state index in [2.05, 4.69) is 10.5 Å². The molecule has 0 aliphatic rings. The topological polar surface area (TPSA) is 61.7 Å². The highest BCUT2D eigenvalue weighted by Gasteiger charge is 2.09. The van der Waals surface area contributed by atoms with Crippen LogP contribution >= 0.6 is 0 Å². The van der Waals surface area contributed by atoms with Crippen LogP contribution in [0.5, 0.6) is 5.75 Å². The molecule has 4 nitrogen and oxygen atoms in total. The lowest BCUT2D eigenvalue weighted by atomic mass is 10.1. The molecule has 0 saturated carbocycles. The Morgan fingerprint density at radius 3 is 2.15 bits per heavy atom. The molecule has 4 heteroatoms. The Labute approximate surface area is 152 Å². The summed E-state index contributed by atoms with van der Waals surface area (Å²) < 4.78 is 0. The van der Waals surface area contributed by atoms with Gasteiger partial charge in [-0.05, 0) is 23.8 Å². The number of rotatable bonds is 5. The minimum Gasteiger partial charge on any atom is -0.507 e. The maximum absolute atomic E-state index is 12.3. The van der Waals surface area contributed by atoms with Crippen molar-refractivity contribution >= 4 is 17.7 Å². The lowest BCUT2D eigenvalue weighted by Crippen LogP contribution is -2.19. The number of phenolic OH excluding ortho intramolecular Hbond substituents is 1. The van der Waals surface area contributed by atoms with Gasteiger partial charge in [-0.1, -0.05) is 78.9 Å². The van der Waals surface area contributed by atoms with E-state index in [0.29, 0.717) is 5.71 Å². The number of hydrazone groups is 1. The first-order valence-electron chi connectivity index (χ1n) is 8.18. The van der Waals surface area contributed by atoms with Crippen molar-refractivity contribution in [1.29, 1.82) is 0 Å². The second-order valence-corrected chi connectivity index (χ2v) is 5.57. The van der Waals surface area contributed by atoms with Crippen molar-refractivity contribution < 1.29 is 9.90 Å². The van der Waals surface area contributed by atoms with E-state index >= 15 is 0 Å². The number of carbonyl (C=O) groups is 1. The van der Waals surface area contributed by atoms with Gasteiger partial charge in [0, 0.05) is 5.56 Å². The van der Waals surface area contributed by atoms with E-state index in [9.17, 15) is 9.90 Å². The average molecular weight is 342 g/mol. The molecular weight excluding hydrogens is 324 g/mol. The molecule has 0 bridgehead atoms. The Balaban J connectivity index is 1.86. The minimum absolute atomic E-state index is 0.0821. The van der Waals surface area contributed by atoms with E-state index in [1.165, 1.54) is 6.07 Å². The number of hydrogen-bond donors (Lipinski definition) is 2. The quantitative estimate of drug-likeness (QED) is 0.538. The van der Waals surface area contributed by atoms with Crippen LogP contribution in [0.2, 0.25) is 0 Å². The van der Waals surface area contributed by atoms with Crippen molar-refractivity contribution in [1.82, 2.24) is 5.43 Å². The molecule has 0 aliphatic carbocycles. The van der Waals surface area contributed by atoms with Crippen LogP contribution in [0.3, 0.4) is 0 Å². The van der Waals surface area contributed by atoms with Gasteiger partial charge in [-0.15, -0.1) is 0 Å². The highest BCUT2D eigenvalue weighted by molar-refractivity contribution is 6.11. The largest absolute Gasteiger partial charge is 0.507 e. The van der Waals surface area contributed by atoms with Gasteiger partial charge in [0.2, 0.25) is 0 Å².